The number of carbonyl (C=O) groups excluding carboxylic acids is 3. The first kappa shape index (κ1) is 21.9. The molecule has 0 N–H and O–H groups in total. The summed E-state index contributed by atoms with van der Waals surface area (Å²) in [6.07, 6.45) is 0.815. The van der Waals surface area contributed by atoms with Crippen LogP contribution >= 0.6 is 0 Å². The lowest BCUT2D eigenvalue weighted by Gasteiger charge is -2.38. The molecular formula is C28H30N2O3. The average Bonchev–Trinajstić information content (AvgIpc) is 2.84. The highest BCUT2D eigenvalue weighted by atomic mass is 16.1. The van der Waals surface area contributed by atoms with E-state index in [9.17, 15) is 14.4 Å². The van der Waals surface area contributed by atoms with Gasteiger partial charge < -0.3 is 4.90 Å². The highest BCUT2D eigenvalue weighted by Gasteiger charge is 2.43. The molecule has 170 valence electrons. The maximum atomic E-state index is 13.4. The van der Waals surface area contributed by atoms with E-state index in [-0.39, 0.29) is 35.6 Å². The van der Waals surface area contributed by atoms with Crippen LogP contribution in [0, 0.1) is 11.8 Å². The Morgan fingerprint density at radius 2 is 1.39 bits per heavy atom. The Morgan fingerprint density at radius 1 is 0.788 bits per heavy atom. The van der Waals surface area contributed by atoms with E-state index in [1.165, 1.54) is 5.56 Å². The number of fused-ring (bicyclic) bond motifs is 1. The van der Waals surface area contributed by atoms with E-state index in [2.05, 4.69) is 34.1 Å². The van der Waals surface area contributed by atoms with Crippen LogP contribution in [-0.4, -0.2) is 59.9 Å². The smallest absolute Gasteiger partial charge is 0.190 e. The van der Waals surface area contributed by atoms with Crippen LogP contribution < -0.4 is 0 Å². The summed E-state index contributed by atoms with van der Waals surface area (Å²) in [6.45, 7) is 7.69. The van der Waals surface area contributed by atoms with Crippen molar-refractivity contribution in [1.29, 1.82) is 0 Å². The molecule has 2 unspecified atom stereocenters. The van der Waals surface area contributed by atoms with Gasteiger partial charge >= 0.3 is 0 Å². The summed E-state index contributed by atoms with van der Waals surface area (Å²) in [5.41, 5.74) is 3.31. The number of hydrogen-bond acceptors (Lipinski definition) is 5. The largest absolute Gasteiger partial charge is 0.301 e. The van der Waals surface area contributed by atoms with Crippen molar-refractivity contribution in [2.75, 3.05) is 32.7 Å². The molecule has 1 fully saturated rings. The molecule has 2 aromatic carbocycles. The zero-order valence-electron chi connectivity index (χ0n) is 19.1. The van der Waals surface area contributed by atoms with Crippen LogP contribution in [0.5, 0.6) is 0 Å². The van der Waals surface area contributed by atoms with E-state index < -0.39 is 0 Å². The molecule has 0 bridgehead atoms. The van der Waals surface area contributed by atoms with Crippen molar-refractivity contribution < 1.29 is 14.4 Å². The molecule has 2 aromatic rings. The molecule has 0 amide bonds. The summed E-state index contributed by atoms with van der Waals surface area (Å²) < 4.78 is 0. The molecule has 0 aromatic heterocycles. The van der Waals surface area contributed by atoms with Crippen molar-refractivity contribution in [2.45, 2.75) is 26.3 Å². The first-order chi connectivity index (χ1) is 16.0. The van der Waals surface area contributed by atoms with E-state index in [0.29, 0.717) is 22.3 Å². The van der Waals surface area contributed by atoms with Gasteiger partial charge in [-0.1, -0.05) is 61.5 Å². The monoisotopic (exact) mass is 442 g/mol. The van der Waals surface area contributed by atoms with Crippen LogP contribution in [0.2, 0.25) is 0 Å². The van der Waals surface area contributed by atoms with Gasteiger partial charge in [0.15, 0.2) is 11.6 Å². The van der Waals surface area contributed by atoms with Gasteiger partial charge in [0.2, 0.25) is 0 Å². The van der Waals surface area contributed by atoms with Gasteiger partial charge in [-0.15, -0.1) is 0 Å². The van der Waals surface area contributed by atoms with Gasteiger partial charge in [0.1, 0.15) is 5.78 Å². The third-order valence-electron chi connectivity index (χ3n) is 7.56. The number of hydrogen-bond donors (Lipinski definition) is 0. The summed E-state index contributed by atoms with van der Waals surface area (Å²) in [5.74, 6) is -0.539. The van der Waals surface area contributed by atoms with E-state index >= 15 is 0 Å². The first-order valence-corrected chi connectivity index (χ1v) is 12.0. The summed E-state index contributed by atoms with van der Waals surface area (Å²) in [5, 5.41) is 0. The van der Waals surface area contributed by atoms with Gasteiger partial charge in [-0.05, 0) is 24.4 Å². The molecule has 5 heteroatoms. The van der Waals surface area contributed by atoms with E-state index in [1.807, 2.05) is 13.0 Å². The Hall–Kier alpha value is -2.89. The van der Waals surface area contributed by atoms with Crippen LogP contribution in [0.25, 0.3) is 0 Å². The minimum absolute atomic E-state index is 0.0581. The molecule has 33 heavy (non-hydrogen) atoms. The van der Waals surface area contributed by atoms with Crippen LogP contribution in [-0.2, 0) is 11.3 Å². The highest BCUT2D eigenvalue weighted by molar-refractivity contribution is 6.28. The molecular weight excluding hydrogens is 412 g/mol. The molecule has 0 spiro atoms. The van der Waals surface area contributed by atoms with Crippen LogP contribution in [0.15, 0.2) is 65.7 Å². The van der Waals surface area contributed by atoms with Gasteiger partial charge in [0.25, 0.3) is 0 Å². The van der Waals surface area contributed by atoms with Crippen LogP contribution in [0.3, 0.4) is 0 Å². The number of Topliss-reactive ketones (excluding diaryl/α,β-unsaturated/α-hetero) is 3. The zero-order valence-corrected chi connectivity index (χ0v) is 19.1. The molecule has 2 aliphatic carbocycles. The minimum Gasteiger partial charge on any atom is -0.301 e. The van der Waals surface area contributed by atoms with Crippen LogP contribution in [0.4, 0.5) is 0 Å². The standard InChI is InChI=1S/C28H30N2O3/c1-19-21(11-12-29-13-15-30(16-14-29)18-20-7-3-2-4-8-20)26-24(17-25(19)31)27(32)22-9-5-6-10-23(22)28(26)33/h2-10,19,21H,11-18H2,1H3. The van der Waals surface area contributed by atoms with Gasteiger partial charge in [-0.3, -0.25) is 19.3 Å². The Morgan fingerprint density at radius 3 is 2.09 bits per heavy atom. The molecule has 1 aliphatic heterocycles. The minimum atomic E-state index is -0.231. The van der Waals surface area contributed by atoms with Gasteiger partial charge in [-0.2, -0.15) is 0 Å². The van der Waals surface area contributed by atoms with E-state index in [4.69, 9.17) is 0 Å². The maximum absolute atomic E-state index is 13.4. The first-order valence-electron chi connectivity index (χ1n) is 12.0. The predicted octanol–water partition coefficient (Wildman–Crippen LogP) is 3.80. The lowest BCUT2D eigenvalue weighted by Crippen LogP contribution is -2.47. The number of rotatable bonds is 5. The van der Waals surface area contributed by atoms with Crippen LogP contribution in [0.1, 0.15) is 46.0 Å². The zero-order chi connectivity index (χ0) is 22.9. The number of carbonyl (C=O) groups is 3. The number of nitrogens with zero attached hydrogens (tertiary/aromatic N) is 2. The number of piperazine rings is 1. The van der Waals surface area contributed by atoms with Crippen molar-refractivity contribution in [2.24, 2.45) is 11.8 Å². The second-order valence-corrected chi connectivity index (χ2v) is 9.53. The number of benzene rings is 2. The van der Waals surface area contributed by atoms with Crippen molar-refractivity contribution in [1.82, 2.24) is 9.80 Å². The summed E-state index contributed by atoms with van der Waals surface area (Å²) >= 11 is 0. The fraction of sp³-hybridized carbons (Fsp3) is 0.393. The van der Waals surface area contributed by atoms with Gasteiger partial charge in [0, 0.05) is 67.3 Å². The topological polar surface area (TPSA) is 57.7 Å². The highest BCUT2D eigenvalue weighted by Crippen LogP contribution is 2.41. The molecule has 0 radical (unpaired) electrons. The molecule has 1 heterocycles. The van der Waals surface area contributed by atoms with Crippen molar-refractivity contribution in [3.63, 3.8) is 0 Å². The molecule has 3 aliphatic rings. The maximum Gasteiger partial charge on any atom is 0.190 e. The molecule has 5 nitrogen and oxygen atoms in total. The molecule has 1 saturated heterocycles. The molecule has 0 saturated carbocycles. The third-order valence-corrected chi connectivity index (χ3v) is 7.56. The average molecular weight is 443 g/mol. The van der Waals surface area contributed by atoms with Gasteiger partial charge in [-0.25, -0.2) is 0 Å². The fourth-order valence-electron chi connectivity index (χ4n) is 5.55. The summed E-state index contributed by atoms with van der Waals surface area (Å²) in [6, 6.07) is 17.6. The summed E-state index contributed by atoms with van der Waals surface area (Å²) in [4.78, 5) is 44.2. The number of allylic oxidation sites excluding steroid dienone is 2. The lowest BCUT2D eigenvalue weighted by atomic mass is 9.67. The second-order valence-electron chi connectivity index (χ2n) is 9.53. The number of ketones is 3. The Balaban J connectivity index is 1.26. The molecule has 2 atom stereocenters. The SMILES string of the molecule is CC1C(=O)CC2=C(C(=O)c3ccccc3C2=O)C1CCN1CCN(Cc2ccccc2)CC1. The summed E-state index contributed by atoms with van der Waals surface area (Å²) in [7, 11) is 0. The van der Waals surface area contributed by atoms with Crippen molar-refractivity contribution in [3.05, 3.63) is 82.4 Å². The lowest BCUT2D eigenvalue weighted by molar-refractivity contribution is -0.123. The van der Waals surface area contributed by atoms with E-state index in [1.54, 1.807) is 24.3 Å². The second kappa shape index (κ2) is 9.16. The Labute approximate surface area is 195 Å². The van der Waals surface area contributed by atoms with E-state index in [0.717, 1.165) is 45.7 Å². The Bertz CT molecular complexity index is 1110. The molecule has 5 rings (SSSR count). The fourth-order valence-corrected chi connectivity index (χ4v) is 5.55. The predicted molar refractivity (Wildman–Crippen MR) is 127 cm³/mol. The van der Waals surface area contributed by atoms with Crippen molar-refractivity contribution in [3.8, 4) is 0 Å². The third kappa shape index (κ3) is 4.23. The van der Waals surface area contributed by atoms with Crippen molar-refractivity contribution >= 4 is 17.3 Å². The Kier molecular flexibility index (Phi) is 6.09. The quantitative estimate of drug-likeness (QED) is 0.705. The normalized spacial score (nSPS) is 24.1. The van der Waals surface area contributed by atoms with Gasteiger partial charge in [0.05, 0.1) is 0 Å².